The Morgan fingerprint density at radius 1 is 1.65 bits per heavy atom. The Morgan fingerprint density at radius 3 is 3.00 bits per heavy atom. The van der Waals surface area contributed by atoms with Crippen molar-refractivity contribution in [2.45, 2.75) is 32.8 Å². The lowest BCUT2D eigenvalue weighted by Gasteiger charge is -2.34. The third-order valence-corrected chi connectivity index (χ3v) is 3.52. The number of hydrogen-bond donors (Lipinski definition) is 1. The fourth-order valence-corrected chi connectivity index (χ4v) is 2.37. The van der Waals surface area contributed by atoms with Crippen LogP contribution in [-0.2, 0) is 0 Å². The molecule has 0 aromatic carbocycles. The van der Waals surface area contributed by atoms with E-state index in [0.717, 1.165) is 19.4 Å². The summed E-state index contributed by atoms with van der Waals surface area (Å²) in [6, 6.07) is 1.71. The Labute approximate surface area is 101 Å². The van der Waals surface area contributed by atoms with Crippen LogP contribution in [-0.4, -0.2) is 35.1 Å². The molecule has 94 valence electrons. The number of aliphatic hydroxyl groups is 1. The molecular weight excluding hydrogens is 218 g/mol. The zero-order valence-corrected chi connectivity index (χ0v) is 10.3. The third-order valence-electron chi connectivity index (χ3n) is 3.52. The van der Waals surface area contributed by atoms with Gasteiger partial charge in [-0.2, -0.15) is 0 Å². The fraction of sp³-hybridized carbons (Fsp3) is 0.615. The van der Waals surface area contributed by atoms with Crippen molar-refractivity contribution in [3.8, 4) is 0 Å². The molecule has 0 saturated carbocycles. The summed E-state index contributed by atoms with van der Waals surface area (Å²) >= 11 is 0. The van der Waals surface area contributed by atoms with Crippen molar-refractivity contribution >= 4 is 5.91 Å². The van der Waals surface area contributed by atoms with Crippen molar-refractivity contribution in [3.63, 3.8) is 0 Å². The first-order chi connectivity index (χ1) is 8.09. The quantitative estimate of drug-likeness (QED) is 0.853. The maximum absolute atomic E-state index is 12.2. The van der Waals surface area contributed by atoms with E-state index in [9.17, 15) is 9.90 Å². The molecule has 17 heavy (non-hydrogen) atoms. The number of aryl methyl sites for hydroxylation is 1. The Bertz CT molecular complexity index is 397. The first kappa shape index (κ1) is 12.2. The van der Waals surface area contributed by atoms with Crippen molar-refractivity contribution in [2.24, 2.45) is 5.92 Å². The van der Waals surface area contributed by atoms with Gasteiger partial charge in [-0.25, -0.2) is 0 Å². The lowest BCUT2D eigenvalue weighted by Crippen LogP contribution is -2.43. The molecule has 0 bridgehead atoms. The highest BCUT2D eigenvalue weighted by atomic mass is 16.3. The number of nitrogens with zero attached hydrogens (tertiary/aromatic N) is 1. The molecule has 2 unspecified atom stereocenters. The van der Waals surface area contributed by atoms with Crippen molar-refractivity contribution < 1.29 is 14.3 Å². The van der Waals surface area contributed by atoms with Crippen LogP contribution in [0.3, 0.4) is 0 Å². The number of aliphatic hydroxyl groups excluding tert-OH is 1. The monoisotopic (exact) mass is 237 g/mol. The molecule has 0 aliphatic carbocycles. The van der Waals surface area contributed by atoms with Crippen LogP contribution in [0.2, 0.25) is 0 Å². The van der Waals surface area contributed by atoms with Crippen molar-refractivity contribution in [2.75, 3.05) is 13.1 Å². The molecule has 0 radical (unpaired) electrons. The lowest BCUT2D eigenvalue weighted by molar-refractivity contribution is 0.0465. The largest absolute Gasteiger partial charge is 0.469 e. The van der Waals surface area contributed by atoms with Crippen LogP contribution in [0, 0.1) is 12.8 Å². The molecule has 0 spiro atoms. The van der Waals surface area contributed by atoms with Gasteiger partial charge in [0.05, 0.1) is 17.9 Å². The van der Waals surface area contributed by atoms with Crippen molar-refractivity contribution in [3.05, 3.63) is 23.7 Å². The third kappa shape index (κ3) is 2.52. The Kier molecular flexibility index (Phi) is 3.52. The van der Waals surface area contributed by atoms with E-state index < -0.39 is 0 Å². The summed E-state index contributed by atoms with van der Waals surface area (Å²) in [5.74, 6) is 0.871. The zero-order chi connectivity index (χ0) is 12.4. The molecule has 2 atom stereocenters. The first-order valence-corrected chi connectivity index (χ1v) is 6.11. The SMILES string of the molecule is Cc1occc1C(=O)N1CCCC(C(C)O)C1. The smallest absolute Gasteiger partial charge is 0.257 e. The Balaban J connectivity index is 2.07. The first-order valence-electron chi connectivity index (χ1n) is 6.11. The highest BCUT2D eigenvalue weighted by Gasteiger charge is 2.28. The molecule has 1 amide bonds. The van der Waals surface area contributed by atoms with Gasteiger partial charge >= 0.3 is 0 Å². The van der Waals surface area contributed by atoms with E-state index in [1.54, 1.807) is 26.2 Å². The van der Waals surface area contributed by atoms with Gasteiger partial charge in [-0.3, -0.25) is 4.79 Å². The summed E-state index contributed by atoms with van der Waals surface area (Å²) in [4.78, 5) is 14.1. The number of likely N-dealkylation sites (tertiary alicyclic amines) is 1. The Morgan fingerprint density at radius 2 is 2.41 bits per heavy atom. The summed E-state index contributed by atoms with van der Waals surface area (Å²) in [6.45, 7) is 5.00. The highest BCUT2D eigenvalue weighted by molar-refractivity contribution is 5.95. The summed E-state index contributed by atoms with van der Waals surface area (Å²) in [5.41, 5.74) is 0.635. The molecule has 4 nitrogen and oxygen atoms in total. The van der Waals surface area contributed by atoms with E-state index in [2.05, 4.69) is 0 Å². The average Bonchev–Trinajstić information content (AvgIpc) is 2.74. The van der Waals surface area contributed by atoms with E-state index in [-0.39, 0.29) is 17.9 Å². The van der Waals surface area contributed by atoms with Gasteiger partial charge in [0, 0.05) is 19.0 Å². The van der Waals surface area contributed by atoms with Gasteiger partial charge in [0.25, 0.3) is 5.91 Å². The molecule has 1 aliphatic rings. The molecule has 2 heterocycles. The molecule has 1 fully saturated rings. The molecule has 1 aromatic heterocycles. The summed E-state index contributed by atoms with van der Waals surface area (Å²) in [7, 11) is 0. The predicted molar refractivity (Wildman–Crippen MR) is 63.8 cm³/mol. The van der Waals surface area contributed by atoms with E-state index in [1.807, 2.05) is 4.90 Å². The van der Waals surface area contributed by atoms with Crippen LogP contribution in [0.1, 0.15) is 35.9 Å². The van der Waals surface area contributed by atoms with Crippen LogP contribution >= 0.6 is 0 Å². The van der Waals surface area contributed by atoms with E-state index >= 15 is 0 Å². The van der Waals surface area contributed by atoms with E-state index in [4.69, 9.17) is 4.42 Å². The molecule has 1 aliphatic heterocycles. The number of rotatable bonds is 2. The van der Waals surface area contributed by atoms with Crippen LogP contribution in [0.4, 0.5) is 0 Å². The highest BCUT2D eigenvalue weighted by Crippen LogP contribution is 2.22. The van der Waals surface area contributed by atoms with Gasteiger partial charge in [-0.15, -0.1) is 0 Å². The minimum Gasteiger partial charge on any atom is -0.469 e. The van der Waals surface area contributed by atoms with Gasteiger partial charge in [0.2, 0.25) is 0 Å². The maximum Gasteiger partial charge on any atom is 0.257 e. The lowest BCUT2D eigenvalue weighted by atomic mass is 9.93. The van der Waals surface area contributed by atoms with Crippen LogP contribution in [0.5, 0.6) is 0 Å². The Hall–Kier alpha value is -1.29. The van der Waals surface area contributed by atoms with Gasteiger partial charge in [0.1, 0.15) is 5.76 Å². The van der Waals surface area contributed by atoms with E-state index in [1.165, 1.54) is 0 Å². The maximum atomic E-state index is 12.2. The molecular formula is C13H19NO3. The summed E-state index contributed by atoms with van der Waals surface area (Å²) in [6.07, 6.45) is 3.14. The van der Waals surface area contributed by atoms with Gasteiger partial charge < -0.3 is 14.4 Å². The minimum absolute atomic E-state index is 0.0154. The van der Waals surface area contributed by atoms with Gasteiger partial charge in [-0.1, -0.05) is 0 Å². The standard InChI is InChI=1S/C13H19NO3/c1-9(15)11-4-3-6-14(8-11)13(16)12-5-7-17-10(12)2/h5,7,9,11,15H,3-4,6,8H2,1-2H3. The summed E-state index contributed by atoms with van der Waals surface area (Å²) in [5, 5.41) is 9.61. The number of carbonyl (C=O) groups is 1. The van der Waals surface area contributed by atoms with Crippen LogP contribution in [0.25, 0.3) is 0 Å². The number of hydrogen-bond acceptors (Lipinski definition) is 3. The topological polar surface area (TPSA) is 53.7 Å². The molecule has 4 heteroatoms. The normalized spacial score (nSPS) is 22.5. The molecule has 1 saturated heterocycles. The van der Waals surface area contributed by atoms with Gasteiger partial charge in [-0.05, 0) is 32.8 Å². The molecule has 1 N–H and O–H groups in total. The second-order valence-corrected chi connectivity index (χ2v) is 4.78. The minimum atomic E-state index is -0.351. The second kappa shape index (κ2) is 4.92. The second-order valence-electron chi connectivity index (χ2n) is 4.78. The summed E-state index contributed by atoms with van der Waals surface area (Å²) < 4.78 is 5.15. The average molecular weight is 237 g/mol. The number of furan rings is 1. The number of carbonyl (C=O) groups excluding carboxylic acids is 1. The van der Waals surface area contributed by atoms with E-state index in [0.29, 0.717) is 17.9 Å². The number of amides is 1. The van der Waals surface area contributed by atoms with Crippen molar-refractivity contribution in [1.29, 1.82) is 0 Å². The van der Waals surface area contributed by atoms with Crippen LogP contribution < -0.4 is 0 Å². The van der Waals surface area contributed by atoms with Crippen LogP contribution in [0.15, 0.2) is 16.7 Å². The van der Waals surface area contributed by atoms with Crippen molar-refractivity contribution in [1.82, 2.24) is 4.90 Å². The van der Waals surface area contributed by atoms with Gasteiger partial charge in [0.15, 0.2) is 0 Å². The molecule has 1 aromatic rings. The fourth-order valence-electron chi connectivity index (χ4n) is 2.37. The predicted octanol–water partition coefficient (Wildman–Crippen LogP) is 1.82. The zero-order valence-electron chi connectivity index (χ0n) is 10.3. The molecule has 2 rings (SSSR count). The number of piperidine rings is 1.